The highest BCUT2D eigenvalue weighted by Crippen LogP contribution is 2.21. The van der Waals surface area contributed by atoms with Crippen LogP contribution in [0.5, 0.6) is 0 Å². The Morgan fingerprint density at radius 1 is 1.34 bits per heavy atom. The lowest BCUT2D eigenvalue weighted by Gasteiger charge is -2.22. The number of nitriles is 1. The Morgan fingerprint density at radius 2 is 2.14 bits per heavy atom. The summed E-state index contributed by atoms with van der Waals surface area (Å²) in [6.45, 7) is 5.57. The zero-order valence-corrected chi connectivity index (χ0v) is 17.1. The van der Waals surface area contributed by atoms with Crippen LogP contribution in [-0.2, 0) is 0 Å². The van der Waals surface area contributed by atoms with Crippen LogP contribution in [-0.4, -0.2) is 34.2 Å². The lowest BCUT2D eigenvalue weighted by atomic mass is 10.1. The highest BCUT2D eigenvalue weighted by atomic mass is 32.1. The van der Waals surface area contributed by atoms with E-state index in [0.29, 0.717) is 24.4 Å². The van der Waals surface area contributed by atoms with Gasteiger partial charge in [0.2, 0.25) is 4.77 Å². The molecule has 0 amide bonds. The maximum Gasteiger partial charge on any atom is 0.216 e. The molecule has 0 radical (unpaired) electrons. The Labute approximate surface area is 173 Å². The predicted molar refractivity (Wildman–Crippen MR) is 115 cm³/mol. The summed E-state index contributed by atoms with van der Waals surface area (Å²) in [5.41, 5.74) is 3.32. The zero-order chi connectivity index (χ0) is 20.8. The number of nitrogens with zero attached hydrogens (tertiary/aromatic N) is 5. The van der Waals surface area contributed by atoms with E-state index in [1.807, 2.05) is 19.1 Å². The summed E-state index contributed by atoms with van der Waals surface area (Å²) in [6.07, 6.45) is 2.16. The smallest absolute Gasteiger partial charge is 0.216 e. The van der Waals surface area contributed by atoms with Crippen LogP contribution in [0.4, 0.5) is 10.1 Å². The Kier molecular flexibility index (Phi) is 6.52. The van der Waals surface area contributed by atoms with Crippen molar-refractivity contribution in [1.29, 1.82) is 5.26 Å². The van der Waals surface area contributed by atoms with Gasteiger partial charge in [0, 0.05) is 18.8 Å². The molecule has 0 atom stereocenters. The number of halogens is 1. The van der Waals surface area contributed by atoms with E-state index in [-0.39, 0.29) is 4.77 Å². The fourth-order valence-corrected chi connectivity index (χ4v) is 3.17. The number of anilines is 1. The second kappa shape index (κ2) is 9.26. The average Bonchev–Trinajstić information content (AvgIpc) is 3.08. The van der Waals surface area contributed by atoms with E-state index in [1.165, 1.54) is 10.7 Å². The van der Waals surface area contributed by atoms with Crippen LogP contribution in [0.3, 0.4) is 0 Å². The number of benzene rings is 2. The van der Waals surface area contributed by atoms with Gasteiger partial charge in [0.05, 0.1) is 24.3 Å². The van der Waals surface area contributed by atoms with Crippen molar-refractivity contribution >= 4 is 24.1 Å². The number of nitrogens with one attached hydrogen (secondary N) is 1. The van der Waals surface area contributed by atoms with Gasteiger partial charge in [-0.3, -0.25) is 0 Å². The van der Waals surface area contributed by atoms with Crippen molar-refractivity contribution in [3.8, 4) is 17.5 Å². The first-order valence-corrected chi connectivity index (χ1v) is 9.65. The number of H-pyrrole nitrogens is 1. The van der Waals surface area contributed by atoms with Gasteiger partial charge in [-0.2, -0.15) is 20.1 Å². The monoisotopic (exact) mass is 408 g/mol. The van der Waals surface area contributed by atoms with Crippen LogP contribution in [0, 0.1) is 28.8 Å². The maximum atomic E-state index is 14.2. The van der Waals surface area contributed by atoms with Crippen LogP contribution in [0.2, 0.25) is 0 Å². The van der Waals surface area contributed by atoms with Gasteiger partial charge in [-0.15, -0.1) is 0 Å². The molecule has 0 aliphatic carbocycles. The quantitative estimate of drug-likeness (QED) is 0.455. The lowest BCUT2D eigenvalue weighted by molar-refractivity contribution is 0.628. The predicted octanol–water partition coefficient (Wildman–Crippen LogP) is 4.68. The third-order valence-electron chi connectivity index (χ3n) is 4.57. The van der Waals surface area contributed by atoms with E-state index >= 15 is 0 Å². The summed E-state index contributed by atoms with van der Waals surface area (Å²) in [6, 6.07) is 14.6. The summed E-state index contributed by atoms with van der Waals surface area (Å²) in [5, 5.41) is 20.0. The Bertz CT molecular complexity index is 1120. The SMILES string of the molecule is CCN(CCC#N)c1ccc(/C=N\n2c(-c3ccccc3F)n[nH]c2=S)c(C)c1. The first kappa shape index (κ1) is 20.4. The third kappa shape index (κ3) is 4.58. The maximum absolute atomic E-state index is 14.2. The van der Waals surface area contributed by atoms with Crippen molar-refractivity contribution in [1.82, 2.24) is 14.9 Å². The zero-order valence-electron chi connectivity index (χ0n) is 16.3. The molecule has 1 N–H and O–H groups in total. The number of hydrogen-bond acceptors (Lipinski definition) is 5. The fraction of sp³-hybridized carbons (Fsp3) is 0.238. The van der Waals surface area contributed by atoms with Gasteiger partial charge in [-0.25, -0.2) is 9.49 Å². The Balaban J connectivity index is 1.90. The van der Waals surface area contributed by atoms with Gasteiger partial charge in [0.1, 0.15) is 5.82 Å². The number of aryl methyl sites for hydroxylation is 1. The average molecular weight is 409 g/mol. The first-order valence-electron chi connectivity index (χ1n) is 9.24. The summed E-state index contributed by atoms with van der Waals surface area (Å²) in [4.78, 5) is 2.15. The number of hydrogen-bond donors (Lipinski definition) is 1. The van der Waals surface area contributed by atoms with Gasteiger partial charge in [-0.05, 0) is 61.5 Å². The molecular weight excluding hydrogens is 387 g/mol. The van der Waals surface area contributed by atoms with Gasteiger partial charge in [0.15, 0.2) is 5.82 Å². The van der Waals surface area contributed by atoms with E-state index in [1.54, 1.807) is 24.4 Å². The molecule has 8 heteroatoms. The van der Waals surface area contributed by atoms with Gasteiger partial charge in [-0.1, -0.05) is 18.2 Å². The van der Waals surface area contributed by atoms with E-state index in [4.69, 9.17) is 17.5 Å². The van der Waals surface area contributed by atoms with E-state index < -0.39 is 5.82 Å². The number of aromatic nitrogens is 3. The van der Waals surface area contributed by atoms with Crippen LogP contribution < -0.4 is 4.90 Å². The minimum atomic E-state index is -0.393. The molecular formula is C21H21FN6S. The standard InChI is InChI=1S/C21H21FN6S/c1-3-27(12-6-11-23)17-10-9-16(15(2)13-17)14-24-28-20(25-26-21(28)29)18-7-4-5-8-19(18)22/h4-5,7-10,13-14H,3,6,12H2,1-2H3,(H,26,29)/b24-14-. The topological polar surface area (TPSA) is 73.0 Å². The molecule has 0 fully saturated rings. The molecule has 3 aromatic rings. The molecule has 0 spiro atoms. The molecule has 0 unspecified atom stereocenters. The molecule has 0 aliphatic heterocycles. The van der Waals surface area contributed by atoms with Crippen LogP contribution in [0.25, 0.3) is 11.4 Å². The molecule has 0 saturated heterocycles. The van der Waals surface area contributed by atoms with Crippen molar-refractivity contribution < 1.29 is 4.39 Å². The Morgan fingerprint density at radius 3 is 2.83 bits per heavy atom. The largest absolute Gasteiger partial charge is 0.371 e. The molecule has 6 nitrogen and oxygen atoms in total. The molecule has 148 valence electrons. The Hall–Kier alpha value is -3.31. The molecule has 0 aliphatic rings. The van der Waals surface area contributed by atoms with Crippen molar-refractivity contribution in [3.05, 3.63) is 64.2 Å². The van der Waals surface area contributed by atoms with Crippen molar-refractivity contribution in [2.75, 3.05) is 18.0 Å². The highest BCUT2D eigenvalue weighted by Gasteiger charge is 2.12. The van der Waals surface area contributed by atoms with Crippen LogP contribution in [0.15, 0.2) is 47.6 Å². The lowest BCUT2D eigenvalue weighted by Crippen LogP contribution is -2.23. The summed E-state index contributed by atoms with van der Waals surface area (Å²) < 4.78 is 15.8. The number of rotatable bonds is 7. The van der Waals surface area contributed by atoms with E-state index in [2.05, 4.69) is 39.3 Å². The molecule has 29 heavy (non-hydrogen) atoms. The molecule has 2 aromatic carbocycles. The van der Waals surface area contributed by atoms with Gasteiger partial charge >= 0.3 is 0 Å². The number of aromatic amines is 1. The molecule has 1 aromatic heterocycles. The fourth-order valence-electron chi connectivity index (χ4n) is 2.99. The minimum Gasteiger partial charge on any atom is -0.371 e. The van der Waals surface area contributed by atoms with Gasteiger partial charge < -0.3 is 4.90 Å². The van der Waals surface area contributed by atoms with Crippen molar-refractivity contribution in [2.45, 2.75) is 20.3 Å². The molecule has 0 bridgehead atoms. The van der Waals surface area contributed by atoms with E-state index in [9.17, 15) is 4.39 Å². The molecule has 3 rings (SSSR count). The summed E-state index contributed by atoms with van der Waals surface area (Å²) in [5.74, 6) is -0.0807. The second-order valence-electron chi connectivity index (χ2n) is 6.42. The highest BCUT2D eigenvalue weighted by molar-refractivity contribution is 7.71. The minimum absolute atomic E-state index is 0.280. The second-order valence-corrected chi connectivity index (χ2v) is 6.80. The third-order valence-corrected chi connectivity index (χ3v) is 4.84. The van der Waals surface area contributed by atoms with Crippen LogP contribution in [0.1, 0.15) is 24.5 Å². The van der Waals surface area contributed by atoms with Crippen molar-refractivity contribution in [3.63, 3.8) is 0 Å². The molecule has 1 heterocycles. The van der Waals surface area contributed by atoms with Gasteiger partial charge in [0.25, 0.3) is 0 Å². The first-order chi connectivity index (χ1) is 14.0. The van der Waals surface area contributed by atoms with E-state index in [0.717, 1.165) is 23.4 Å². The van der Waals surface area contributed by atoms with Crippen molar-refractivity contribution in [2.24, 2.45) is 5.10 Å². The van der Waals surface area contributed by atoms with Crippen LogP contribution >= 0.6 is 12.2 Å². The summed E-state index contributed by atoms with van der Waals surface area (Å²) >= 11 is 5.25. The normalized spacial score (nSPS) is 11.0. The summed E-state index contributed by atoms with van der Waals surface area (Å²) in [7, 11) is 0. The molecule has 0 saturated carbocycles.